The molecule has 1 heterocycles. The van der Waals surface area contributed by atoms with Crippen LogP contribution in [-0.2, 0) is 14.3 Å². The second kappa shape index (κ2) is 7.78. The Labute approximate surface area is 139 Å². The second-order valence-corrected chi connectivity index (χ2v) is 5.41. The Hall–Kier alpha value is -2.61. The van der Waals surface area contributed by atoms with Gasteiger partial charge in [-0.25, -0.2) is 0 Å². The topological polar surface area (TPSA) is 103 Å². The van der Waals surface area contributed by atoms with Crippen molar-refractivity contribution in [2.24, 2.45) is 16.1 Å². The molecule has 0 radical (unpaired) electrons. The highest BCUT2D eigenvalue weighted by Gasteiger charge is 2.40. The van der Waals surface area contributed by atoms with Crippen molar-refractivity contribution in [1.29, 1.82) is 0 Å². The van der Waals surface area contributed by atoms with Gasteiger partial charge in [-0.1, -0.05) is 18.2 Å². The van der Waals surface area contributed by atoms with Gasteiger partial charge in [-0.3, -0.25) is 14.9 Å². The van der Waals surface area contributed by atoms with Crippen LogP contribution in [0, 0.1) is 16.0 Å². The standard InChI is InChI=1S/C16H19N3O5/c1-10-14(12-6-4-5-7-13(12)19(21)22)15(11(2)18-17-10)16(20)24-9-8-23-3/h4-7,14-15H,8-9H2,1-3H3. The summed E-state index contributed by atoms with van der Waals surface area (Å²) in [4.78, 5) is 23.4. The van der Waals surface area contributed by atoms with E-state index in [9.17, 15) is 14.9 Å². The molecule has 0 amide bonds. The van der Waals surface area contributed by atoms with Gasteiger partial charge in [0, 0.05) is 30.4 Å². The monoisotopic (exact) mass is 333 g/mol. The maximum Gasteiger partial charge on any atom is 0.315 e. The lowest BCUT2D eigenvalue weighted by Gasteiger charge is -2.27. The summed E-state index contributed by atoms with van der Waals surface area (Å²) in [6.07, 6.45) is 0. The molecule has 1 aromatic carbocycles. The highest BCUT2D eigenvalue weighted by Crippen LogP contribution is 2.36. The first-order valence-electron chi connectivity index (χ1n) is 7.45. The zero-order chi connectivity index (χ0) is 17.7. The molecule has 2 atom stereocenters. The Morgan fingerprint density at radius 2 is 1.88 bits per heavy atom. The van der Waals surface area contributed by atoms with Gasteiger partial charge in [0.2, 0.25) is 0 Å². The smallest absolute Gasteiger partial charge is 0.315 e. The first kappa shape index (κ1) is 17.7. The first-order chi connectivity index (χ1) is 11.5. The molecule has 0 saturated carbocycles. The van der Waals surface area contributed by atoms with Crippen LogP contribution in [0.2, 0.25) is 0 Å². The number of carbonyl (C=O) groups excluding carboxylic acids is 1. The summed E-state index contributed by atoms with van der Waals surface area (Å²) in [6.45, 7) is 3.75. The van der Waals surface area contributed by atoms with Gasteiger partial charge in [0.15, 0.2) is 0 Å². The van der Waals surface area contributed by atoms with Crippen LogP contribution in [0.25, 0.3) is 0 Å². The minimum atomic E-state index is -0.750. The van der Waals surface area contributed by atoms with Crippen molar-refractivity contribution < 1.29 is 19.2 Å². The van der Waals surface area contributed by atoms with E-state index >= 15 is 0 Å². The molecular formula is C16H19N3O5. The average molecular weight is 333 g/mol. The van der Waals surface area contributed by atoms with Gasteiger partial charge >= 0.3 is 5.97 Å². The van der Waals surface area contributed by atoms with Crippen LogP contribution in [0.4, 0.5) is 5.69 Å². The Morgan fingerprint density at radius 1 is 1.21 bits per heavy atom. The largest absolute Gasteiger partial charge is 0.463 e. The second-order valence-electron chi connectivity index (χ2n) is 5.41. The molecule has 1 aromatic rings. The number of nitro benzene ring substituents is 1. The molecule has 0 bridgehead atoms. The highest BCUT2D eigenvalue weighted by molar-refractivity contribution is 6.09. The van der Waals surface area contributed by atoms with Crippen LogP contribution in [0.1, 0.15) is 25.3 Å². The van der Waals surface area contributed by atoms with Gasteiger partial charge in [0.1, 0.15) is 12.5 Å². The molecule has 128 valence electrons. The lowest BCUT2D eigenvalue weighted by molar-refractivity contribution is -0.385. The average Bonchev–Trinajstić information content (AvgIpc) is 2.56. The fourth-order valence-electron chi connectivity index (χ4n) is 2.71. The van der Waals surface area contributed by atoms with Gasteiger partial charge < -0.3 is 9.47 Å². The van der Waals surface area contributed by atoms with Crippen LogP contribution >= 0.6 is 0 Å². The highest BCUT2D eigenvalue weighted by atomic mass is 16.6. The molecule has 2 rings (SSSR count). The molecule has 0 N–H and O–H groups in total. The third-order valence-electron chi connectivity index (χ3n) is 3.85. The van der Waals surface area contributed by atoms with Gasteiger partial charge in [-0.05, 0) is 13.8 Å². The molecule has 8 nitrogen and oxygen atoms in total. The molecule has 1 aliphatic rings. The van der Waals surface area contributed by atoms with Crippen LogP contribution in [0.5, 0.6) is 0 Å². The zero-order valence-corrected chi connectivity index (χ0v) is 13.8. The Kier molecular flexibility index (Phi) is 5.75. The van der Waals surface area contributed by atoms with E-state index in [1.165, 1.54) is 13.2 Å². The lowest BCUT2D eigenvalue weighted by Crippen LogP contribution is -2.36. The summed E-state index contributed by atoms with van der Waals surface area (Å²) in [6, 6.07) is 6.33. The van der Waals surface area contributed by atoms with Gasteiger partial charge in [0.25, 0.3) is 5.69 Å². The van der Waals surface area contributed by atoms with Crippen LogP contribution < -0.4 is 0 Å². The lowest BCUT2D eigenvalue weighted by atomic mass is 9.79. The molecule has 0 aromatic heterocycles. The third kappa shape index (κ3) is 3.65. The van der Waals surface area contributed by atoms with Crippen molar-refractivity contribution >= 4 is 23.1 Å². The fourth-order valence-corrected chi connectivity index (χ4v) is 2.71. The number of ether oxygens (including phenoxy) is 2. The van der Waals surface area contributed by atoms with Crippen molar-refractivity contribution in [3.63, 3.8) is 0 Å². The number of nitrogens with zero attached hydrogens (tertiary/aromatic N) is 3. The number of esters is 1. The number of para-hydroxylation sites is 1. The molecule has 0 spiro atoms. The molecule has 2 unspecified atom stereocenters. The van der Waals surface area contributed by atoms with E-state index in [0.717, 1.165) is 0 Å². The number of methoxy groups -OCH3 is 1. The maximum atomic E-state index is 12.5. The van der Waals surface area contributed by atoms with Crippen molar-refractivity contribution in [3.8, 4) is 0 Å². The molecule has 8 heteroatoms. The summed E-state index contributed by atoms with van der Waals surface area (Å²) < 4.78 is 10.1. The van der Waals surface area contributed by atoms with Crippen molar-refractivity contribution in [3.05, 3.63) is 39.9 Å². The molecular weight excluding hydrogens is 314 g/mol. The first-order valence-corrected chi connectivity index (χ1v) is 7.45. The maximum absolute atomic E-state index is 12.5. The quantitative estimate of drug-likeness (QED) is 0.344. The van der Waals surface area contributed by atoms with E-state index in [1.54, 1.807) is 32.0 Å². The van der Waals surface area contributed by atoms with Gasteiger partial charge in [-0.2, -0.15) is 10.2 Å². The number of hydrogen-bond acceptors (Lipinski definition) is 7. The minimum absolute atomic E-state index is 0.0542. The van der Waals surface area contributed by atoms with Crippen molar-refractivity contribution in [2.45, 2.75) is 19.8 Å². The van der Waals surface area contributed by atoms with E-state index in [2.05, 4.69) is 10.2 Å². The molecule has 0 fully saturated rings. The van der Waals surface area contributed by atoms with Crippen LogP contribution in [0.3, 0.4) is 0 Å². The molecule has 0 aliphatic carbocycles. The normalized spacial score (nSPS) is 20.1. The van der Waals surface area contributed by atoms with E-state index in [-0.39, 0.29) is 18.9 Å². The Morgan fingerprint density at radius 3 is 2.54 bits per heavy atom. The number of carbonyl (C=O) groups is 1. The number of benzene rings is 1. The SMILES string of the molecule is COCCOC(=O)C1C(C)=NN=C(C)C1c1ccccc1[N+](=O)[O-]. The van der Waals surface area contributed by atoms with E-state index in [1.807, 2.05) is 0 Å². The summed E-state index contributed by atoms with van der Waals surface area (Å²) in [5.41, 5.74) is 1.36. The van der Waals surface area contributed by atoms with Crippen LogP contribution in [-0.4, -0.2) is 42.6 Å². The number of hydrogen-bond donors (Lipinski definition) is 0. The zero-order valence-electron chi connectivity index (χ0n) is 13.8. The predicted octanol–water partition coefficient (Wildman–Crippen LogP) is 2.33. The molecule has 24 heavy (non-hydrogen) atoms. The van der Waals surface area contributed by atoms with Crippen LogP contribution in [0.15, 0.2) is 34.5 Å². The van der Waals surface area contributed by atoms with E-state index in [4.69, 9.17) is 9.47 Å². The van der Waals surface area contributed by atoms with E-state index in [0.29, 0.717) is 17.0 Å². The van der Waals surface area contributed by atoms with Crippen molar-refractivity contribution in [1.82, 2.24) is 0 Å². The Bertz CT molecular complexity index is 699. The third-order valence-corrected chi connectivity index (χ3v) is 3.85. The van der Waals surface area contributed by atoms with E-state index < -0.39 is 22.7 Å². The summed E-state index contributed by atoms with van der Waals surface area (Å²) >= 11 is 0. The molecule has 0 saturated heterocycles. The predicted molar refractivity (Wildman–Crippen MR) is 88.4 cm³/mol. The number of rotatable bonds is 6. The summed E-state index contributed by atoms with van der Waals surface area (Å²) in [7, 11) is 1.51. The summed E-state index contributed by atoms with van der Waals surface area (Å²) in [5.74, 6) is -1.83. The van der Waals surface area contributed by atoms with Gasteiger partial charge in [0.05, 0.1) is 17.2 Å². The van der Waals surface area contributed by atoms with Gasteiger partial charge in [-0.15, -0.1) is 0 Å². The minimum Gasteiger partial charge on any atom is -0.463 e. The summed E-state index contributed by atoms with van der Waals surface area (Å²) in [5, 5.41) is 19.4. The van der Waals surface area contributed by atoms with Crippen molar-refractivity contribution in [2.75, 3.05) is 20.3 Å². The number of nitro groups is 1. The fraction of sp³-hybridized carbons (Fsp3) is 0.438. The molecule has 1 aliphatic heterocycles. The Balaban J connectivity index is 2.41.